The summed E-state index contributed by atoms with van der Waals surface area (Å²) in [5.41, 5.74) is 1.89. The van der Waals surface area contributed by atoms with Crippen LogP contribution in [0.15, 0.2) is 73.3 Å². The lowest BCUT2D eigenvalue weighted by Gasteiger charge is -2.33. The summed E-state index contributed by atoms with van der Waals surface area (Å²) in [6, 6.07) is 12.9. The maximum Gasteiger partial charge on any atom is 0.258 e. The van der Waals surface area contributed by atoms with Crippen LogP contribution in [0.2, 0.25) is 0 Å². The van der Waals surface area contributed by atoms with Crippen molar-refractivity contribution in [2.45, 2.75) is 12.8 Å². The number of hydrogen-bond acceptors (Lipinski definition) is 5. The smallest absolute Gasteiger partial charge is 0.258 e. The van der Waals surface area contributed by atoms with E-state index < -0.39 is 0 Å². The van der Waals surface area contributed by atoms with Crippen LogP contribution in [0.1, 0.15) is 33.6 Å². The van der Waals surface area contributed by atoms with Crippen LogP contribution in [0.3, 0.4) is 0 Å². The van der Waals surface area contributed by atoms with Gasteiger partial charge in [0.25, 0.3) is 5.91 Å². The number of piperidine rings is 1. The molecular weight excluding hydrogens is 407 g/mol. The number of pyridine rings is 2. The molecule has 0 N–H and O–H groups in total. The number of Topliss-reactive ketones (excluding diaryl/α,β-unsaturated/α-hetero) is 1. The van der Waals surface area contributed by atoms with Gasteiger partial charge in [-0.1, -0.05) is 0 Å². The van der Waals surface area contributed by atoms with E-state index in [-0.39, 0.29) is 23.4 Å². The van der Waals surface area contributed by atoms with Crippen molar-refractivity contribution in [3.8, 4) is 0 Å². The van der Waals surface area contributed by atoms with E-state index in [9.17, 15) is 14.0 Å². The van der Waals surface area contributed by atoms with Gasteiger partial charge in [-0.15, -0.1) is 0 Å². The van der Waals surface area contributed by atoms with Gasteiger partial charge >= 0.3 is 0 Å². The average Bonchev–Trinajstić information content (AvgIpc) is 2.86. The van der Waals surface area contributed by atoms with E-state index in [2.05, 4.69) is 14.9 Å². The molecule has 4 rings (SSSR count). The fraction of sp³-hybridized carbons (Fsp3) is 0.280. The van der Waals surface area contributed by atoms with E-state index in [0.29, 0.717) is 24.2 Å². The minimum Gasteiger partial charge on any atom is -0.306 e. The summed E-state index contributed by atoms with van der Waals surface area (Å²) < 4.78 is 13.1. The minimum absolute atomic E-state index is 0.0513. The van der Waals surface area contributed by atoms with Crippen molar-refractivity contribution in [3.05, 3.63) is 90.3 Å². The Morgan fingerprint density at radius 1 is 0.938 bits per heavy atom. The topological polar surface area (TPSA) is 66.4 Å². The van der Waals surface area contributed by atoms with Crippen molar-refractivity contribution in [1.29, 1.82) is 0 Å². The number of carbonyl (C=O) groups is 2. The Labute approximate surface area is 186 Å². The number of halogens is 1. The van der Waals surface area contributed by atoms with Crippen LogP contribution in [-0.2, 0) is 0 Å². The number of rotatable bonds is 7. The van der Waals surface area contributed by atoms with Crippen LogP contribution in [0, 0.1) is 11.7 Å². The zero-order valence-electron chi connectivity index (χ0n) is 17.7. The van der Waals surface area contributed by atoms with Gasteiger partial charge in [0.2, 0.25) is 0 Å². The first-order valence-electron chi connectivity index (χ1n) is 10.8. The molecule has 0 aliphatic carbocycles. The Morgan fingerprint density at radius 3 is 2.31 bits per heavy atom. The molecule has 3 heterocycles. The average molecular weight is 432 g/mol. The number of benzene rings is 1. The van der Waals surface area contributed by atoms with Gasteiger partial charge in [-0.3, -0.25) is 19.6 Å². The summed E-state index contributed by atoms with van der Waals surface area (Å²) >= 11 is 0. The molecule has 7 heteroatoms. The summed E-state index contributed by atoms with van der Waals surface area (Å²) in [4.78, 5) is 38.0. The molecule has 0 atom stereocenters. The third-order valence-corrected chi connectivity index (χ3v) is 5.86. The Morgan fingerprint density at radius 2 is 1.66 bits per heavy atom. The van der Waals surface area contributed by atoms with Gasteiger partial charge in [0, 0.05) is 48.7 Å². The van der Waals surface area contributed by atoms with Gasteiger partial charge in [-0.25, -0.2) is 4.39 Å². The van der Waals surface area contributed by atoms with Gasteiger partial charge < -0.3 is 9.80 Å². The second-order valence-corrected chi connectivity index (χ2v) is 7.89. The molecule has 1 aliphatic rings. The molecular formula is C25H25FN4O2. The van der Waals surface area contributed by atoms with Crippen molar-refractivity contribution >= 4 is 17.4 Å². The second-order valence-electron chi connectivity index (χ2n) is 7.89. The van der Waals surface area contributed by atoms with E-state index in [1.807, 2.05) is 12.1 Å². The molecule has 0 unspecified atom stereocenters. The molecule has 32 heavy (non-hydrogen) atoms. The van der Waals surface area contributed by atoms with Crippen molar-refractivity contribution in [2.24, 2.45) is 5.92 Å². The lowest BCUT2D eigenvalue weighted by atomic mass is 9.89. The molecule has 3 aromatic rings. The molecule has 0 saturated carbocycles. The molecule has 1 amide bonds. The molecule has 0 bridgehead atoms. The van der Waals surface area contributed by atoms with Crippen molar-refractivity contribution < 1.29 is 14.0 Å². The zero-order valence-corrected chi connectivity index (χ0v) is 17.7. The highest BCUT2D eigenvalue weighted by molar-refractivity contribution is 6.05. The number of carbonyl (C=O) groups excluding carboxylic acids is 2. The van der Waals surface area contributed by atoms with Gasteiger partial charge in [0.05, 0.1) is 11.9 Å². The van der Waals surface area contributed by atoms with Crippen LogP contribution < -0.4 is 4.90 Å². The van der Waals surface area contributed by atoms with Gasteiger partial charge in [0.1, 0.15) is 5.82 Å². The number of nitrogens with zero attached hydrogens (tertiary/aromatic N) is 4. The van der Waals surface area contributed by atoms with Crippen molar-refractivity contribution in [1.82, 2.24) is 14.9 Å². The first-order valence-corrected chi connectivity index (χ1v) is 10.8. The SMILES string of the molecule is O=C(c1ccc(F)cc1)C1CCN(CCN(C(=O)c2ccncc2)c2cccnc2)CC1. The first-order chi connectivity index (χ1) is 15.6. The molecule has 1 aromatic carbocycles. The normalized spacial score (nSPS) is 14.8. The fourth-order valence-corrected chi connectivity index (χ4v) is 4.02. The van der Waals surface area contributed by atoms with Crippen LogP contribution in [0.4, 0.5) is 10.1 Å². The first kappa shape index (κ1) is 21.8. The van der Waals surface area contributed by atoms with Crippen LogP contribution in [0.25, 0.3) is 0 Å². The molecule has 2 aromatic heterocycles. The van der Waals surface area contributed by atoms with Gasteiger partial charge in [-0.2, -0.15) is 0 Å². The number of anilines is 1. The minimum atomic E-state index is -0.337. The summed E-state index contributed by atoms with van der Waals surface area (Å²) in [7, 11) is 0. The number of hydrogen-bond donors (Lipinski definition) is 0. The van der Waals surface area contributed by atoms with Crippen molar-refractivity contribution in [2.75, 3.05) is 31.1 Å². The quantitative estimate of drug-likeness (QED) is 0.531. The maximum atomic E-state index is 13.1. The Kier molecular flexibility index (Phi) is 6.97. The zero-order chi connectivity index (χ0) is 22.3. The van der Waals surface area contributed by atoms with E-state index in [0.717, 1.165) is 31.6 Å². The van der Waals surface area contributed by atoms with Gasteiger partial charge in [0.15, 0.2) is 5.78 Å². The third-order valence-electron chi connectivity index (χ3n) is 5.86. The van der Waals surface area contributed by atoms with Crippen LogP contribution in [-0.4, -0.2) is 52.7 Å². The van der Waals surface area contributed by atoms with E-state index >= 15 is 0 Å². The second kappa shape index (κ2) is 10.2. The predicted octanol–water partition coefficient (Wildman–Crippen LogP) is 3.86. The monoisotopic (exact) mass is 432 g/mol. The number of ketones is 1. The summed E-state index contributed by atoms with van der Waals surface area (Å²) in [6.07, 6.45) is 8.09. The maximum absolute atomic E-state index is 13.1. The highest BCUT2D eigenvalue weighted by atomic mass is 19.1. The van der Waals surface area contributed by atoms with Crippen LogP contribution >= 0.6 is 0 Å². The van der Waals surface area contributed by atoms with Crippen LogP contribution in [0.5, 0.6) is 0 Å². The highest BCUT2D eigenvalue weighted by Gasteiger charge is 2.27. The van der Waals surface area contributed by atoms with E-state index in [1.54, 1.807) is 54.0 Å². The molecule has 0 radical (unpaired) electrons. The summed E-state index contributed by atoms with van der Waals surface area (Å²) in [6.45, 7) is 2.77. The van der Waals surface area contributed by atoms with E-state index in [4.69, 9.17) is 0 Å². The Bertz CT molecular complexity index is 1040. The third kappa shape index (κ3) is 5.23. The lowest BCUT2D eigenvalue weighted by Crippen LogP contribution is -2.43. The molecule has 0 spiro atoms. The predicted molar refractivity (Wildman–Crippen MR) is 120 cm³/mol. The standard InChI is InChI=1S/C25H25FN4O2/c26-22-5-3-19(4-6-22)24(31)20-9-14-29(15-10-20)16-17-30(23-2-1-11-28-18-23)25(32)21-7-12-27-13-8-21/h1-8,11-13,18,20H,9-10,14-17H2. The highest BCUT2D eigenvalue weighted by Crippen LogP contribution is 2.23. The lowest BCUT2D eigenvalue weighted by molar-refractivity contribution is 0.0841. The number of likely N-dealkylation sites (tertiary alicyclic amines) is 1. The molecule has 164 valence electrons. The molecule has 1 aliphatic heterocycles. The largest absolute Gasteiger partial charge is 0.306 e. The van der Waals surface area contributed by atoms with Crippen molar-refractivity contribution in [3.63, 3.8) is 0 Å². The van der Waals surface area contributed by atoms with E-state index in [1.165, 1.54) is 12.1 Å². The molecule has 1 saturated heterocycles. The summed E-state index contributed by atoms with van der Waals surface area (Å²) in [5, 5.41) is 0. The number of aromatic nitrogens is 2. The summed E-state index contributed by atoms with van der Waals surface area (Å²) in [5.74, 6) is -0.406. The molecule has 6 nitrogen and oxygen atoms in total. The van der Waals surface area contributed by atoms with Gasteiger partial charge in [-0.05, 0) is 74.5 Å². The Hall–Kier alpha value is -3.45. The molecule has 1 fully saturated rings. The Balaban J connectivity index is 1.36. The number of amides is 1. The fourth-order valence-electron chi connectivity index (χ4n) is 4.02.